The highest BCUT2D eigenvalue weighted by molar-refractivity contribution is 7.89. The molecule has 8 heteroatoms. The van der Waals surface area contributed by atoms with Crippen LogP contribution in [0.5, 0.6) is 5.75 Å². The summed E-state index contributed by atoms with van der Waals surface area (Å²) in [5.74, 6) is 0.0760. The lowest BCUT2D eigenvalue weighted by Crippen LogP contribution is -2.47. The molecule has 2 heterocycles. The van der Waals surface area contributed by atoms with Crippen LogP contribution in [-0.4, -0.2) is 56.8 Å². The number of hydrogen-bond donors (Lipinski definition) is 0. The minimum atomic E-state index is -3.78. The Morgan fingerprint density at radius 1 is 1.11 bits per heavy atom. The Kier molecular flexibility index (Phi) is 6.65. The molecule has 2 saturated heterocycles. The van der Waals surface area contributed by atoms with Crippen LogP contribution in [0.15, 0.2) is 23.1 Å². The van der Waals surface area contributed by atoms with Gasteiger partial charge in [-0.15, -0.1) is 0 Å². The molecule has 0 unspecified atom stereocenters. The Balaban J connectivity index is 1.79. The molecule has 2 fully saturated rings. The van der Waals surface area contributed by atoms with Gasteiger partial charge in [0.2, 0.25) is 15.9 Å². The summed E-state index contributed by atoms with van der Waals surface area (Å²) >= 11 is 6.02. The molecule has 0 aliphatic carbocycles. The topological polar surface area (TPSA) is 66.9 Å². The van der Waals surface area contributed by atoms with Gasteiger partial charge in [0.15, 0.2) is 0 Å². The van der Waals surface area contributed by atoms with E-state index >= 15 is 0 Å². The number of carbonyl (C=O) groups is 1. The monoisotopic (exact) mass is 414 g/mol. The van der Waals surface area contributed by atoms with E-state index in [0.29, 0.717) is 18.0 Å². The van der Waals surface area contributed by atoms with E-state index in [4.69, 9.17) is 16.3 Å². The predicted molar refractivity (Wildman–Crippen MR) is 105 cm³/mol. The Morgan fingerprint density at radius 3 is 2.48 bits per heavy atom. The molecule has 1 amide bonds. The second-order valence-electron chi connectivity index (χ2n) is 7.24. The average molecular weight is 415 g/mol. The average Bonchev–Trinajstić information content (AvgIpc) is 2.97. The number of ether oxygens (including phenoxy) is 1. The van der Waals surface area contributed by atoms with Gasteiger partial charge in [-0.3, -0.25) is 4.79 Å². The fourth-order valence-corrected chi connectivity index (χ4v) is 5.84. The van der Waals surface area contributed by atoms with Crippen LogP contribution in [0.25, 0.3) is 0 Å². The van der Waals surface area contributed by atoms with Gasteiger partial charge in [0.05, 0.1) is 13.0 Å². The van der Waals surface area contributed by atoms with Crippen LogP contribution in [0.3, 0.4) is 0 Å². The minimum Gasteiger partial charge on any atom is -0.495 e. The summed E-state index contributed by atoms with van der Waals surface area (Å²) in [5.41, 5.74) is 0. The van der Waals surface area contributed by atoms with Crippen LogP contribution in [0.2, 0.25) is 5.02 Å². The fourth-order valence-electron chi connectivity index (χ4n) is 3.90. The highest BCUT2D eigenvalue weighted by atomic mass is 35.5. The third-order valence-corrected chi connectivity index (χ3v) is 7.52. The molecule has 0 aromatic heterocycles. The number of hydrogen-bond acceptors (Lipinski definition) is 4. The molecule has 1 aromatic rings. The van der Waals surface area contributed by atoms with Gasteiger partial charge < -0.3 is 9.64 Å². The van der Waals surface area contributed by atoms with E-state index in [2.05, 4.69) is 0 Å². The lowest BCUT2D eigenvalue weighted by Gasteiger charge is -2.34. The summed E-state index contributed by atoms with van der Waals surface area (Å²) in [6.45, 7) is 2.18. The SMILES string of the molecule is COc1ccc(Cl)cc1S(=O)(=O)N1CCC[C@H](C(=O)N2CCCCCC2)C1. The van der Waals surface area contributed by atoms with Crippen molar-refractivity contribution in [2.75, 3.05) is 33.3 Å². The Morgan fingerprint density at radius 2 is 1.81 bits per heavy atom. The third kappa shape index (κ3) is 4.58. The van der Waals surface area contributed by atoms with E-state index in [1.807, 2.05) is 4.90 Å². The molecule has 6 nitrogen and oxygen atoms in total. The van der Waals surface area contributed by atoms with E-state index in [9.17, 15) is 13.2 Å². The summed E-state index contributed by atoms with van der Waals surface area (Å²) in [6, 6.07) is 4.57. The second kappa shape index (κ2) is 8.80. The third-order valence-electron chi connectivity index (χ3n) is 5.39. The number of piperidine rings is 1. The van der Waals surface area contributed by atoms with Crippen LogP contribution in [0.1, 0.15) is 38.5 Å². The number of benzene rings is 1. The maximum Gasteiger partial charge on any atom is 0.246 e. The number of sulfonamides is 1. The molecule has 0 saturated carbocycles. The van der Waals surface area contributed by atoms with Crippen molar-refractivity contribution < 1.29 is 17.9 Å². The molecule has 150 valence electrons. The highest BCUT2D eigenvalue weighted by Gasteiger charge is 2.36. The zero-order valence-corrected chi connectivity index (χ0v) is 17.3. The molecule has 0 radical (unpaired) electrons. The lowest BCUT2D eigenvalue weighted by molar-refractivity contribution is -0.136. The molecule has 0 bridgehead atoms. The van der Waals surface area contributed by atoms with Crippen molar-refractivity contribution in [3.05, 3.63) is 23.2 Å². The van der Waals surface area contributed by atoms with E-state index < -0.39 is 10.0 Å². The van der Waals surface area contributed by atoms with Crippen LogP contribution in [0, 0.1) is 5.92 Å². The maximum absolute atomic E-state index is 13.2. The van der Waals surface area contributed by atoms with Crippen molar-refractivity contribution in [1.29, 1.82) is 0 Å². The largest absolute Gasteiger partial charge is 0.495 e. The zero-order chi connectivity index (χ0) is 19.4. The van der Waals surface area contributed by atoms with Gasteiger partial charge in [0.1, 0.15) is 10.6 Å². The van der Waals surface area contributed by atoms with E-state index in [0.717, 1.165) is 45.2 Å². The minimum absolute atomic E-state index is 0.0559. The Bertz CT molecular complexity index is 776. The second-order valence-corrected chi connectivity index (χ2v) is 9.58. The number of carbonyl (C=O) groups excluding carboxylic acids is 1. The summed E-state index contributed by atoms with van der Waals surface area (Å²) in [6.07, 6.45) is 5.77. The molecule has 27 heavy (non-hydrogen) atoms. The van der Waals surface area contributed by atoms with Crippen LogP contribution >= 0.6 is 11.6 Å². The molecule has 3 rings (SSSR count). The highest BCUT2D eigenvalue weighted by Crippen LogP contribution is 2.32. The normalized spacial score (nSPS) is 22.3. The first kappa shape index (κ1) is 20.4. The van der Waals surface area contributed by atoms with Gasteiger partial charge in [0, 0.05) is 31.2 Å². The zero-order valence-electron chi connectivity index (χ0n) is 15.7. The Labute approximate surface area is 166 Å². The number of likely N-dealkylation sites (tertiary alicyclic amines) is 1. The first-order chi connectivity index (χ1) is 12.9. The van der Waals surface area contributed by atoms with Crippen LogP contribution in [0.4, 0.5) is 0 Å². The van der Waals surface area contributed by atoms with Crippen molar-refractivity contribution >= 4 is 27.5 Å². The molecular formula is C19H27ClN2O4S. The van der Waals surface area contributed by atoms with E-state index in [-0.39, 0.29) is 29.0 Å². The van der Waals surface area contributed by atoms with Gasteiger partial charge in [0.25, 0.3) is 0 Å². The molecule has 1 aromatic carbocycles. The smallest absolute Gasteiger partial charge is 0.246 e. The molecular weight excluding hydrogens is 388 g/mol. The molecule has 0 N–H and O–H groups in total. The molecule has 1 atom stereocenters. The predicted octanol–water partition coefficient (Wildman–Crippen LogP) is 3.15. The maximum atomic E-state index is 13.2. The quantitative estimate of drug-likeness (QED) is 0.759. The number of halogens is 1. The van der Waals surface area contributed by atoms with E-state index in [1.165, 1.54) is 17.5 Å². The number of amides is 1. The standard InChI is InChI=1S/C19H27ClN2O4S/c1-26-17-9-8-16(20)13-18(17)27(24,25)22-12-6-7-15(14-22)19(23)21-10-4-2-3-5-11-21/h8-9,13,15H,2-7,10-12,14H2,1H3/t15-/m0/s1. The summed E-state index contributed by atoms with van der Waals surface area (Å²) in [5, 5.41) is 0.337. The first-order valence-corrected chi connectivity index (χ1v) is 11.4. The summed E-state index contributed by atoms with van der Waals surface area (Å²) < 4.78 is 33.0. The van der Waals surface area contributed by atoms with E-state index in [1.54, 1.807) is 12.1 Å². The lowest BCUT2D eigenvalue weighted by atomic mass is 9.98. The van der Waals surface area contributed by atoms with Crippen molar-refractivity contribution in [2.45, 2.75) is 43.4 Å². The van der Waals surface area contributed by atoms with Crippen molar-refractivity contribution in [3.63, 3.8) is 0 Å². The van der Waals surface area contributed by atoms with Crippen molar-refractivity contribution in [1.82, 2.24) is 9.21 Å². The van der Waals surface area contributed by atoms with Gasteiger partial charge in [-0.25, -0.2) is 8.42 Å². The van der Waals surface area contributed by atoms with Gasteiger partial charge >= 0.3 is 0 Å². The Hall–Kier alpha value is -1.31. The van der Waals surface area contributed by atoms with Crippen LogP contribution in [-0.2, 0) is 14.8 Å². The summed E-state index contributed by atoms with van der Waals surface area (Å²) in [7, 11) is -2.34. The van der Waals surface area contributed by atoms with Crippen LogP contribution < -0.4 is 4.74 Å². The van der Waals surface area contributed by atoms with Gasteiger partial charge in [-0.1, -0.05) is 24.4 Å². The first-order valence-electron chi connectivity index (χ1n) is 9.56. The fraction of sp³-hybridized carbons (Fsp3) is 0.632. The number of nitrogens with zero attached hydrogens (tertiary/aromatic N) is 2. The number of methoxy groups -OCH3 is 1. The molecule has 2 aliphatic rings. The summed E-state index contributed by atoms with van der Waals surface area (Å²) in [4.78, 5) is 14.9. The number of rotatable bonds is 4. The van der Waals surface area contributed by atoms with Crippen molar-refractivity contribution in [3.8, 4) is 5.75 Å². The molecule has 2 aliphatic heterocycles. The van der Waals surface area contributed by atoms with Gasteiger partial charge in [-0.05, 0) is 43.9 Å². The molecule has 0 spiro atoms. The van der Waals surface area contributed by atoms with Crippen molar-refractivity contribution in [2.24, 2.45) is 5.92 Å². The van der Waals surface area contributed by atoms with Gasteiger partial charge in [-0.2, -0.15) is 4.31 Å².